The van der Waals surface area contributed by atoms with Gasteiger partial charge in [0, 0.05) is 47.6 Å². The van der Waals surface area contributed by atoms with Crippen LogP contribution in [0.15, 0.2) is 96.2 Å². The van der Waals surface area contributed by atoms with Crippen LogP contribution in [-0.2, 0) is 21.2 Å². The molecule has 0 radical (unpaired) electrons. The van der Waals surface area contributed by atoms with Crippen molar-refractivity contribution in [1.82, 2.24) is 14.6 Å². The Hall–Kier alpha value is -4.21. The van der Waals surface area contributed by atoms with Gasteiger partial charge < -0.3 is 10.6 Å². The number of nitrogens with one attached hydrogen (secondary N) is 2. The molecule has 2 N–H and O–H groups in total. The number of carbonyl (C=O) groups is 1. The van der Waals surface area contributed by atoms with Crippen molar-refractivity contribution in [2.75, 3.05) is 18.4 Å². The second-order valence-corrected chi connectivity index (χ2v) is 13.4. The molecule has 5 rings (SSSR count). The van der Waals surface area contributed by atoms with Gasteiger partial charge in [-0.15, -0.1) is 0 Å². The van der Waals surface area contributed by atoms with Gasteiger partial charge in [0.1, 0.15) is 17.6 Å². The number of amides is 1. The van der Waals surface area contributed by atoms with E-state index in [1.165, 1.54) is 28.7 Å². The zero-order valence-corrected chi connectivity index (χ0v) is 26.6. The minimum absolute atomic E-state index is 0.123. The zero-order chi connectivity index (χ0) is 32.8. The monoisotopic (exact) mass is 664 g/mol. The maximum absolute atomic E-state index is 15.4. The molecule has 4 atom stereocenters. The van der Waals surface area contributed by atoms with Gasteiger partial charge in [0.15, 0.2) is 0 Å². The van der Waals surface area contributed by atoms with E-state index < -0.39 is 45.6 Å². The topological polar surface area (TPSA) is 95.8 Å². The molecule has 12 heteroatoms. The summed E-state index contributed by atoms with van der Waals surface area (Å²) in [6, 6.07) is 18.4. The van der Waals surface area contributed by atoms with E-state index in [2.05, 4.69) is 20.5 Å². The fourth-order valence-electron chi connectivity index (χ4n) is 5.98. The first-order chi connectivity index (χ1) is 22.1. The second-order valence-electron chi connectivity index (χ2n) is 11.2. The van der Waals surface area contributed by atoms with Crippen molar-refractivity contribution in [1.29, 1.82) is 0 Å². The Morgan fingerprint density at radius 1 is 1.07 bits per heavy atom. The molecule has 1 saturated heterocycles. The Bertz CT molecular complexity index is 1810. The summed E-state index contributed by atoms with van der Waals surface area (Å²) in [5, 5.41) is 6.43. The molecular formula is C34H33ClF2N5O3S+. The summed E-state index contributed by atoms with van der Waals surface area (Å²) in [7, 11) is -3.82. The van der Waals surface area contributed by atoms with E-state index in [1.807, 2.05) is 6.92 Å². The second kappa shape index (κ2) is 14.5. The van der Waals surface area contributed by atoms with Crippen molar-refractivity contribution in [3.8, 4) is 6.57 Å². The number of halogens is 3. The SMILES string of the molecule is C#[N+]C(C(=O)Nc1cccc(F)c1CCC1CNCC(C)N1S(=O)(=O)c1ccccc1)C(c1cncc(F)c1)c1cccc(Cl)c1. The summed E-state index contributed by atoms with van der Waals surface area (Å²) in [6.45, 7) is 8.48. The Morgan fingerprint density at radius 2 is 1.83 bits per heavy atom. The Kier molecular flexibility index (Phi) is 10.4. The van der Waals surface area contributed by atoms with E-state index in [9.17, 15) is 17.6 Å². The van der Waals surface area contributed by atoms with Gasteiger partial charge in [-0.3, -0.25) is 9.78 Å². The van der Waals surface area contributed by atoms with Gasteiger partial charge in [-0.2, -0.15) is 4.31 Å². The highest BCUT2D eigenvalue weighted by atomic mass is 35.5. The van der Waals surface area contributed by atoms with Crippen LogP contribution in [0.25, 0.3) is 4.85 Å². The number of rotatable bonds is 10. The molecule has 4 unspecified atom stereocenters. The number of hydrogen-bond acceptors (Lipinski definition) is 5. The first-order valence-electron chi connectivity index (χ1n) is 14.7. The van der Waals surface area contributed by atoms with E-state index in [1.54, 1.807) is 60.7 Å². The third-order valence-electron chi connectivity index (χ3n) is 8.07. The summed E-state index contributed by atoms with van der Waals surface area (Å²) < 4.78 is 58.4. The fraction of sp³-hybridized carbons (Fsp3) is 0.265. The predicted molar refractivity (Wildman–Crippen MR) is 175 cm³/mol. The van der Waals surface area contributed by atoms with Crippen LogP contribution in [0.2, 0.25) is 5.02 Å². The van der Waals surface area contributed by atoms with Gasteiger partial charge in [-0.1, -0.05) is 52.8 Å². The number of nitrogens with zero attached hydrogens (tertiary/aromatic N) is 3. The summed E-state index contributed by atoms with van der Waals surface area (Å²) in [4.78, 5) is 21.8. The normalized spacial score (nSPS) is 18.3. The van der Waals surface area contributed by atoms with Crippen LogP contribution in [0, 0.1) is 18.2 Å². The van der Waals surface area contributed by atoms with Gasteiger partial charge in [0.25, 0.3) is 6.57 Å². The summed E-state index contributed by atoms with van der Waals surface area (Å²) >= 11 is 6.24. The predicted octanol–water partition coefficient (Wildman–Crippen LogP) is 6.10. The molecule has 2 heterocycles. The molecule has 8 nitrogen and oxygen atoms in total. The van der Waals surface area contributed by atoms with Crippen LogP contribution < -0.4 is 10.6 Å². The minimum Gasteiger partial charge on any atom is -0.319 e. The molecule has 1 aliphatic rings. The van der Waals surface area contributed by atoms with Gasteiger partial charge in [-0.05, 0) is 73.4 Å². The quantitative estimate of drug-likeness (QED) is 0.214. The van der Waals surface area contributed by atoms with Crippen molar-refractivity contribution in [2.45, 2.75) is 48.7 Å². The van der Waals surface area contributed by atoms with Gasteiger partial charge in [-0.25, -0.2) is 17.2 Å². The summed E-state index contributed by atoms with van der Waals surface area (Å²) in [6.07, 6.45) is 2.86. The number of carbonyl (C=O) groups excluding carboxylic acids is 1. The number of anilines is 1. The maximum Gasteiger partial charge on any atom is 0.359 e. The molecule has 0 spiro atoms. The van der Waals surface area contributed by atoms with Gasteiger partial charge in [0.2, 0.25) is 10.0 Å². The van der Waals surface area contributed by atoms with E-state index in [0.29, 0.717) is 29.2 Å². The number of hydrogen-bond donors (Lipinski definition) is 2. The lowest BCUT2D eigenvalue weighted by Gasteiger charge is -2.40. The lowest BCUT2D eigenvalue weighted by molar-refractivity contribution is -0.116. The molecule has 0 aliphatic carbocycles. The maximum atomic E-state index is 15.4. The van der Waals surface area contributed by atoms with Crippen LogP contribution in [0.5, 0.6) is 0 Å². The van der Waals surface area contributed by atoms with Crippen molar-refractivity contribution < 1.29 is 22.0 Å². The molecule has 4 aromatic rings. The number of benzene rings is 3. The molecular weight excluding hydrogens is 632 g/mol. The van der Waals surface area contributed by atoms with Crippen LogP contribution in [0.1, 0.15) is 36.0 Å². The Balaban J connectivity index is 1.41. The average Bonchev–Trinajstić information content (AvgIpc) is 3.03. The minimum atomic E-state index is -3.82. The smallest absolute Gasteiger partial charge is 0.319 e. The molecule has 0 saturated carbocycles. The molecule has 238 valence electrons. The third-order valence-corrected chi connectivity index (χ3v) is 10.4. The largest absolute Gasteiger partial charge is 0.359 e. The Morgan fingerprint density at radius 3 is 2.54 bits per heavy atom. The number of sulfonamides is 1. The highest BCUT2D eigenvalue weighted by Crippen LogP contribution is 2.33. The van der Waals surface area contributed by atoms with Crippen molar-refractivity contribution in [3.05, 3.63) is 129 Å². The van der Waals surface area contributed by atoms with E-state index >= 15 is 4.39 Å². The number of piperazine rings is 1. The molecule has 1 fully saturated rings. The molecule has 1 aromatic heterocycles. The average molecular weight is 665 g/mol. The molecule has 3 aromatic carbocycles. The number of pyridine rings is 1. The molecule has 1 amide bonds. The molecule has 0 bridgehead atoms. The first kappa shape index (κ1) is 33.2. The van der Waals surface area contributed by atoms with Crippen molar-refractivity contribution in [3.63, 3.8) is 0 Å². The van der Waals surface area contributed by atoms with E-state index in [0.717, 1.165) is 6.20 Å². The van der Waals surface area contributed by atoms with Crippen LogP contribution in [-0.4, -0.2) is 54.8 Å². The van der Waals surface area contributed by atoms with E-state index in [4.69, 9.17) is 18.2 Å². The summed E-state index contributed by atoms with van der Waals surface area (Å²) in [5.41, 5.74) is 1.28. The number of aromatic nitrogens is 1. The Labute approximate surface area is 272 Å². The standard InChI is InChI=1S/C34H32ClF2N5O3S/c1-22-18-39-21-27(42(22)46(44,45)28-10-4-3-5-11-28)14-15-29-30(37)12-7-13-31(29)41-34(43)33(38-2)32(23-8-6-9-25(35)16-23)24-17-26(36)20-40-19-24/h2-13,16-17,19-20,22,27,32-33,39H,14-15,18,21H2,1H3/p+1. The lowest BCUT2D eigenvalue weighted by Crippen LogP contribution is -2.58. The zero-order valence-electron chi connectivity index (χ0n) is 25.0. The van der Waals surface area contributed by atoms with Crippen LogP contribution in [0.4, 0.5) is 14.5 Å². The van der Waals surface area contributed by atoms with E-state index in [-0.39, 0.29) is 35.0 Å². The van der Waals surface area contributed by atoms with Gasteiger partial charge >= 0.3 is 11.9 Å². The van der Waals surface area contributed by atoms with Crippen molar-refractivity contribution in [2.24, 2.45) is 0 Å². The van der Waals surface area contributed by atoms with Gasteiger partial charge in [0.05, 0.1) is 11.1 Å². The molecule has 46 heavy (non-hydrogen) atoms. The third kappa shape index (κ3) is 7.26. The highest BCUT2D eigenvalue weighted by Gasteiger charge is 2.41. The van der Waals surface area contributed by atoms with Crippen LogP contribution in [0.3, 0.4) is 0 Å². The molecule has 1 aliphatic heterocycles. The van der Waals surface area contributed by atoms with Crippen LogP contribution >= 0.6 is 11.6 Å². The summed E-state index contributed by atoms with van der Waals surface area (Å²) in [5.74, 6) is -2.70. The van der Waals surface area contributed by atoms with Crippen molar-refractivity contribution >= 4 is 33.2 Å². The first-order valence-corrected chi connectivity index (χ1v) is 16.6. The highest BCUT2D eigenvalue weighted by molar-refractivity contribution is 7.89. The fourth-order valence-corrected chi connectivity index (χ4v) is 8.05. The lowest BCUT2D eigenvalue weighted by atomic mass is 9.85.